The van der Waals surface area contributed by atoms with Gasteiger partial charge < -0.3 is 9.47 Å². The van der Waals surface area contributed by atoms with Gasteiger partial charge in [-0.1, -0.05) is 60.7 Å². The zero-order chi connectivity index (χ0) is 16.9. The molecular weight excluding hydrogens is 330 g/mol. The SMILES string of the molecule is c1ccc(COc2cc3ncsc3cc2OCc2ccccc2)cc1. The number of hydrogen-bond donors (Lipinski definition) is 0. The van der Waals surface area contributed by atoms with Gasteiger partial charge in [-0.3, -0.25) is 0 Å². The number of thiazole rings is 1. The number of ether oxygens (including phenoxy) is 2. The van der Waals surface area contributed by atoms with E-state index in [1.165, 1.54) is 0 Å². The van der Waals surface area contributed by atoms with Crippen LogP contribution in [0.4, 0.5) is 0 Å². The van der Waals surface area contributed by atoms with Gasteiger partial charge in [0.25, 0.3) is 0 Å². The molecule has 0 saturated heterocycles. The second kappa shape index (κ2) is 7.36. The third-order valence-corrected chi connectivity index (χ3v) is 4.66. The van der Waals surface area contributed by atoms with E-state index in [1.54, 1.807) is 11.3 Å². The fourth-order valence-electron chi connectivity index (χ4n) is 2.56. The Morgan fingerprint density at radius 1 is 0.720 bits per heavy atom. The lowest BCUT2D eigenvalue weighted by molar-refractivity contribution is 0.256. The molecule has 3 aromatic carbocycles. The first kappa shape index (κ1) is 15.7. The van der Waals surface area contributed by atoms with E-state index in [0.717, 1.165) is 32.8 Å². The predicted molar refractivity (Wildman–Crippen MR) is 101 cm³/mol. The third kappa shape index (κ3) is 3.80. The molecule has 4 aromatic rings. The van der Waals surface area contributed by atoms with Crippen LogP contribution in [-0.2, 0) is 13.2 Å². The largest absolute Gasteiger partial charge is 0.485 e. The van der Waals surface area contributed by atoms with Gasteiger partial charge in [-0.2, -0.15) is 0 Å². The minimum atomic E-state index is 0.498. The summed E-state index contributed by atoms with van der Waals surface area (Å²) < 4.78 is 13.2. The Morgan fingerprint density at radius 3 is 1.88 bits per heavy atom. The van der Waals surface area contributed by atoms with Crippen molar-refractivity contribution in [3.63, 3.8) is 0 Å². The van der Waals surface area contributed by atoms with Gasteiger partial charge in [0, 0.05) is 12.1 Å². The molecule has 0 aliphatic heterocycles. The van der Waals surface area contributed by atoms with Crippen LogP contribution in [0.5, 0.6) is 11.5 Å². The van der Waals surface area contributed by atoms with Gasteiger partial charge in [0.15, 0.2) is 11.5 Å². The van der Waals surface area contributed by atoms with Crippen molar-refractivity contribution in [2.24, 2.45) is 0 Å². The average molecular weight is 347 g/mol. The first-order valence-electron chi connectivity index (χ1n) is 8.09. The van der Waals surface area contributed by atoms with Crippen molar-refractivity contribution in [1.82, 2.24) is 4.98 Å². The van der Waals surface area contributed by atoms with Crippen LogP contribution in [0.3, 0.4) is 0 Å². The van der Waals surface area contributed by atoms with Crippen LogP contribution >= 0.6 is 11.3 Å². The van der Waals surface area contributed by atoms with Gasteiger partial charge in [-0.05, 0) is 11.1 Å². The molecule has 0 aliphatic rings. The van der Waals surface area contributed by atoms with E-state index in [2.05, 4.69) is 17.1 Å². The van der Waals surface area contributed by atoms with Crippen LogP contribution in [0.2, 0.25) is 0 Å². The molecule has 1 heterocycles. The summed E-state index contributed by atoms with van der Waals surface area (Å²) in [5, 5.41) is 0. The predicted octanol–water partition coefficient (Wildman–Crippen LogP) is 5.45. The number of aromatic nitrogens is 1. The Labute approximate surface area is 150 Å². The van der Waals surface area contributed by atoms with Crippen molar-refractivity contribution in [1.29, 1.82) is 0 Å². The second-order valence-corrected chi connectivity index (χ2v) is 6.55. The average Bonchev–Trinajstić information content (AvgIpc) is 3.13. The molecule has 124 valence electrons. The summed E-state index contributed by atoms with van der Waals surface area (Å²) in [6.07, 6.45) is 0. The van der Waals surface area contributed by atoms with E-state index in [-0.39, 0.29) is 0 Å². The Hall–Kier alpha value is -2.85. The Balaban J connectivity index is 1.57. The molecule has 0 bridgehead atoms. The first-order valence-corrected chi connectivity index (χ1v) is 8.97. The highest BCUT2D eigenvalue weighted by Crippen LogP contribution is 2.34. The molecule has 0 saturated carbocycles. The van der Waals surface area contributed by atoms with Crippen molar-refractivity contribution in [3.8, 4) is 11.5 Å². The van der Waals surface area contributed by atoms with E-state index >= 15 is 0 Å². The number of nitrogens with zero attached hydrogens (tertiary/aromatic N) is 1. The van der Waals surface area contributed by atoms with Crippen molar-refractivity contribution in [2.75, 3.05) is 0 Å². The number of fused-ring (bicyclic) bond motifs is 1. The van der Waals surface area contributed by atoms with Crippen molar-refractivity contribution in [3.05, 3.63) is 89.4 Å². The van der Waals surface area contributed by atoms with Crippen molar-refractivity contribution in [2.45, 2.75) is 13.2 Å². The lowest BCUT2D eigenvalue weighted by atomic mass is 10.2. The molecule has 0 unspecified atom stereocenters. The molecule has 3 nitrogen and oxygen atoms in total. The van der Waals surface area contributed by atoms with Crippen LogP contribution in [0.25, 0.3) is 10.2 Å². The summed E-state index contributed by atoms with van der Waals surface area (Å²) in [6.45, 7) is 1.00. The Morgan fingerprint density at radius 2 is 1.28 bits per heavy atom. The van der Waals surface area contributed by atoms with Gasteiger partial charge in [-0.25, -0.2) is 4.98 Å². The van der Waals surface area contributed by atoms with E-state index in [0.29, 0.717) is 13.2 Å². The molecule has 0 N–H and O–H groups in total. The van der Waals surface area contributed by atoms with E-state index in [4.69, 9.17) is 9.47 Å². The summed E-state index contributed by atoms with van der Waals surface area (Å²) in [5.74, 6) is 1.47. The zero-order valence-electron chi connectivity index (χ0n) is 13.6. The molecule has 0 fully saturated rings. The van der Waals surface area contributed by atoms with Crippen LogP contribution < -0.4 is 9.47 Å². The molecule has 0 amide bonds. The fraction of sp³-hybridized carbons (Fsp3) is 0.0952. The summed E-state index contributed by atoms with van der Waals surface area (Å²) in [4.78, 5) is 4.38. The van der Waals surface area contributed by atoms with E-state index in [9.17, 15) is 0 Å². The zero-order valence-corrected chi connectivity index (χ0v) is 14.4. The van der Waals surface area contributed by atoms with Crippen molar-refractivity contribution < 1.29 is 9.47 Å². The first-order chi connectivity index (χ1) is 12.4. The van der Waals surface area contributed by atoms with Gasteiger partial charge in [-0.15, -0.1) is 11.3 Å². The minimum Gasteiger partial charge on any atom is -0.485 e. The molecule has 4 heteroatoms. The van der Waals surface area contributed by atoms with E-state index in [1.807, 2.05) is 66.2 Å². The lowest BCUT2D eigenvalue weighted by Crippen LogP contribution is -2.00. The second-order valence-electron chi connectivity index (χ2n) is 5.67. The molecular formula is C21H17NO2S. The van der Waals surface area contributed by atoms with Gasteiger partial charge in [0.2, 0.25) is 0 Å². The lowest BCUT2D eigenvalue weighted by Gasteiger charge is -2.13. The molecule has 1 aromatic heterocycles. The molecule has 25 heavy (non-hydrogen) atoms. The maximum absolute atomic E-state index is 6.04. The molecule has 0 atom stereocenters. The number of rotatable bonds is 6. The normalized spacial score (nSPS) is 10.7. The van der Waals surface area contributed by atoms with Crippen LogP contribution in [0.15, 0.2) is 78.3 Å². The van der Waals surface area contributed by atoms with Crippen LogP contribution in [-0.4, -0.2) is 4.98 Å². The van der Waals surface area contributed by atoms with Gasteiger partial charge >= 0.3 is 0 Å². The number of hydrogen-bond acceptors (Lipinski definition) is 4. The molecule has 0 radical (unpaired) electrons. The summed E-state index contributed by atoms with van der Waals surface area (Å²) in [7, 11) is 0. The smallest absolute Gasteiger partial charge is 0.163 e. The number of benzene rings is 3. The highest BCUT2D eigenvalue weighted by Gasteiger charge is 2.10. The quantitative estimate of drug-likeness (QED) is 0.464. The van der Waals surface area contributed by atoms with Crippen molar-refractivity contribution >= 4 is 21.6 Å². The molecule has 4 rings (SSSR count). The van der Waals surface area contributed by atoms with Gasteiger partial charge in [0.1, 0.15) is 13.2 Å². The highest BCUT2D eigenvalue weighted by atomic mass is 32.1. The monoisotopic (exact) mass is 347 g/mol. The summed E-state index contributed by atoms with van der Waals surface area (Å²) in [6, 6.07) is 24.2. The Kier molecular flexibility index (Phi) is 4.61. The summed E-state index contributed by atoms with van der Waals surface area (Å²) >= 11 is 1.60. The molecule has 0 spiro atoms. The topological polar surface area (TPSA) is 31.4 Å². The third-order valence-electron chi connectivity index (χ3n) is 3.87. The maximum atomic E-state index is 6.04. The highest BCUT2D eigenvalue weighted by molar-refractivity contribution is 7.16. The fourth-order valence-corrected chi connectivity index (χ4v) is 3.25. The minimum absolute atomic E-state index is 0.498. The maximum Gasteiger partial charge on any atom is 0.163 e. The van der Waals surface area contributed by atoms with Gasteiger partial charge in [0.05, 0.1) is 15.7 Å². The van der Waals surface area contributed by atoms with E-state index < -0.39 is 0 Å². The van der Waals surface area contributed by atoms with Crippen LogP contribution in [0, 0.1) is 0 Å². The molecule has 0 aliphatic carbocycles. The van der Waals surface area contributed by atoms with Crippen LogP contribution in [0.1, 0.15) is 11.1 Å². The standard InChI is InChI=1S/C21H17NO2S/c1-3-7-16(8-4-1)13-23-19-11-18-21(25-15-22-18)12-20(19)24-14-17-9-5-2-6-10-17/h1-12,15H,13-14H2. The summed E-state index contributed by atoms with van der Waals surface area (Å²) in [5.41, 5.74) is 5.02. The Bertz CT molecular complexity index is 874.